The topological polar surface area (TPSA) is 32.3 Å². The summed E-state index contributed by atoms with van der Waals surface area (Å²) in [6, 6.07) is 0.0971. The Morgan fingerprint density at radius 2 is 1.65 bits per heavy atom. The SMILES string of the molecule is FC(F)(F)CN1C2CCC1CN(c1nccc(C(F)(F)F)n1)C2. The molecule has 2 aliphatic rings. The first-order chi connectivity index (χ1) is 10.6. The van der Waals surface area contributed by atoms with Gasteiger partial charge in [0.25, 0.3) is 0 Å². The number of fused-ring (bicyclic) bond motifs is 2. The van der Waals surface area contributed by atoms with E-state index in [9.17, 15) is 26.3 Å². The number of rotatable bonds is 2. The van der Waals surface area contributed by atoms with Crippen molar-refractivity contribution in [3.05, 3.63) is 18.0 Å². The quantitative estimate of drug-likeness (QED) is 0.775. The van der Waals surface area contributed by atoms with Crippen LogP contribution in [0.3, 0.4) is 0 Å². The van der Waals surface area contributed by atoms with Crippen molar-refractivity contribution in [1.29, 1.82) is 0 Å². The molecule has 2 bridgehead atoms. The molecule has 0 amide bonds. The van der Waals surface area contributed by atoms with Crippen LogP contribution in [0.2, 0.25) is 0 Å². The maximum absolute atomic E-state index is 12.7. The number of hydrogen-bond donors (Lipinski definition) is 0. The predicted molar refractivity (Wildman–Crippen MR) is 68.8 cm³/mol. The number of aromatic nitrogens is 2. The summed E-state index contributed by atoms with van der Waals surface area (Å²) in [7, 11) is 0. The Balaban J connectivity index is 1.76. The van der Waals surface area contributed by atoms with Gasteiger partial charge in [-0.1, -0.05) is 0 Å². The Morgan fingerprint density at radius 3 is 2.17 bits per heavy atom. The molecule has 3 rings (SSSR count). The van der Waals surface area contributed by atoms with Gasteiger partial charge in [-0.05, 0) is 18.9 Å². The molecule has 1 aromatic heterocycles. The van der Waals surface area contributed by atoms with E-state index in [1.165, 1.54) is 4.90 Å². The Labute approximate surface area is 128 Å². The second-order valence-corrected chi connectivity index (χ2v) is 5.82. The maximum Gasteiger partial charge on any atom is 0.433 e. The molecule has 1 aromatic rings. The number of nitrogens with zero attached hydrogens (tertiary/aromatic N) is 4. The average Bonchev–Trinajstić information content (AvgIpc) is 2.68. The normalized spacial score (nSPS) is 25.9. The van der Waals surface area contributed by atoms with Crippen molar-refractivity contribution in [1.82, 2.24) is 14.9 Å². The fourth-order valence-corrected chi connectivity index (χ4v) is 3.28. The highest BCUT2D eigenvalue weighted by Gasteiger charge is 2.45. The lowest BCUT2D eigenvalue weighted by molar-refractivity contribution is -0.153. The Hall–Kier alpha value is -1.58. The van der Waals surface area contributed by atoms with Crippen molar-refractivity contribution in [2.75, 3.05) is 24.5 Å². The number of piperazine rings is 1. The molecular formula is C13H14F6N4. The number of hydrogen-bond acceptors (Lipinski definition) is 4. The minimum atomic E-state index is -4.57. The zero-order chi connectivity index (χ0) is 16.8. The van der Waals surface area contributed by atoms with Crippen LogP contribution >= 0.6 is 0 Å². The molecule has 2 atom stereocenters. The summed E-state index contributed by atoms with van der Waals surface area (Å²) in [5.74, 6) is -0.0802. The summed E-state index contributed by atoms with van der Waals surface area (Å²) in [6.07, 6.45) is -6.65. The number of alkyl halides is 6. The van der Waals surface area contributed by atoms with Crippen LogP contribution in [-0.4, -0.2) is 52.8 Å². The lowest BCUT2D eigenvalue weighted by Gasteiger charge is -2.41. The molecule has 10 heteroatoms. The van der Waals surface area contributed by atoms with Gasteiger partial charge in [-0.3, -0.25) is 4.90 Å². The standard InChI is InChI=1S/C13H14F6N4/c14-12(15,16)7-23-8-1-2-9(23)6-22(5-8)11-20-4-3-10(21-11)13(17,18)19/h3-4,8-9H,1-2,5-7H2. The lowest BCUT2D eigenvalue weighted by Crippen LogP contribution is -2.56. The van der Waals surface area contributed by atoms with E-state index in [1.54, 1.807) is 4.90 Å². The van der Waals surface area contributed by atoms with E-state index in [4.69, 9.17) is 0 Å². The molecule has 2 unspecified atom stereocenters. The van der Waals surface area contributed by atoms with E-state index >= 15 is 0 Å². The molecule has 2 fully saturated rings. The highest BCUT2D eigenvalue weighted by Crippen LogP contribution is 2.35. The summed E-state index contributed by atoms with van der Waals surface area (Å²) in [4.78, 5) is 10.3. The van der Waals surface area contributed by atoms with Crippen LogP contribution in [0, 0.1) is 0 Å². The van der Waals surface area contributed by atoms with Crippen LogP contribution in [0.5, 0.6) is 0 Å². The van der Waals surface area contributed by atoms with Gasteiger partial charge in [-0.25, -0.2) is 9.97 Å². The number of anilines is 1. The van der Waals surface area contributed by atoms with Crippen LogP contribution < -0.4 is 4.90 Å². The van der Waals surface area contributed by atoms with Gasteiger partial charge in [0.2, 0.25) is 5.95 Å². The summed E-state index contributed by atoms with van der Waals surface area (Å²) < 4.78 is 76.0. The van der Waals surface area contributed by atoms with Gasteiger partial charge in [-0.15, -0.1) is 0 Å². The summed E-state index contributed by atoms with van der Waals surface area (Å²) >= 11 is 0. The van der Waals surface area contributed by atoms with Crippen LogP contribution in [0.1, 0.15) is 18.5 Å². The fraction of sp³-hybridized carbons (Fsp3) is 0.692. The third kappa shape index (κ3) is 3.51. The molecule has 0 saturated carbocycles. The molecule has 0 radical (unpaired) electrons. The molecule has 0 N–H and O–H groups in total. The molecule has 0 aromatic carbocycles. The molecule has 4 nitrogen and oxygen atoms in total. The largest absolute Gasteiger partial charge is 0.433 e. The van der Waals surface area contributed by atoms with Crippen LogP contribution in [-0.2, 0) is 6.18 Å². The van der Waals surface area contributed by atoms with Crippen molar-refractivity contribution in [3.63, 3.8) is 0 Å². The maximum atomic E-state index is 12.7. The van der Waals surface area contributed by atoms with E-state index in [2.05, 4.69) is 9.97 Å². The third-order valence-electron chi connectivity index (χ3n) is 4.21. The van der Waals surface area contributed by atoms with Crippen molar-refractivity contribution in [2.24, 2.45) is 0 Å². The van der Waals surface area contributed by atoms with Crippen molar-refractivity contribution < 1.29 is 26.3 Å². The third-order valence-corrected chi connectivity index (χ3v) is 4.21. The Morgan fingerprint density at radius 1 is 1.04 bits per heavy atom. The van der Waals surface area contributed by atoms with Crippen LogP contribution in [0.15, 0.2) is 12.3 Å². The van der Waals surface area contributed by atoms with Gasteiger partial charge < -0.3 is 4.90 Å². The van der Waals surface area contributed by atoms with E-state index < -0.39 is 24.6 Å². The van der Waals surface area contributed by atoms with E-state index in [1.807, 2.05) is 0 Å². The molecule has 23 heavy (non-hydrogen) atoms. The van der Waals surface area contributed by atoms with Gasteiger partial charge in [0, 0.05) is 31.4 Å². The first-order valence-corrected chi connectivity index (χ1v) is 7.11. The second kappa shape index (κ2) is 5.50. The highest BCUT2D eigenvalue weighted by molar-refractivity contribution is 5.34. The molecular weight excluding hydrogens is 326 g/mol. The minimum absolute atomic E-state index is 0.0802. The monoisotopic (exact) mass is 340 g/mol. The summed E-state index contributed by atoms with van der Waals surface area (Å²) in [6.45, 7) is -0.582. The molecule has 0 spiro atoms. The van der Waals surface area contributed by atoms with E-state index in [-0.39, 0.29) is 31.1 Å². The molecule has 2 aliphatic heterocycles. The molecule has 2 saturated heterocycles. The first kappa shape index (κ1) is 16.3. The smallest absolute Gasteiger partial charge is 0.338 e. The van der Waals surface area contributed by atoms with Crippen molar-refractivity contribution >= 4 is 5.95 Å². The van der Waals surface area contributed by atoms with Crippen LogP contribution in [0.4, 0.5) is 32.3 Å². The number of halogens is 6. The van der Waals surface area contributed by atoms with Gasteiger partial charge in [0.05, 0.1) is 6.54 Å². The second-order valence-electron chi connectivity index (χ2n) is 5.82. The highest BCUT2D eigenvalue weighted by atomic mass is 19.4. The van der Waals surface area contributed by atoms with Gasteiger partial charge in [-0.2, -0.15) is 26.3 Å². The predicted octanol–water partition coefficient (Wildman–Crippen LogP) is 2.71. The molecule has 0 aliphatic carbocycles. The summed E-state index contributed by atoms with van der Waals surface area (Å²) in [5, 5.41) is 0. The molecule has 3 heterocycles. The van der Waals surface area contributed by atoms with Crippen molar-refractivity contribution in [3.8, 4) is 0 Å². The van der Waals surface area contributed by atoms with Gasteiger partial charge in [0.15, 0.2) is 0 Å². The van der Waals surface area contributed by atoms with Crippen LogP contribution in [0.25, 0.3) is 0 Å². The Bertz CT molecular complexity index is 558. The lowest BCUT2D eigenvalue weighted by atomic mass is 10.2. The minimum Gasteiger partial charge on any atom is -0.338 e. The zero-order valence-electron chi connectivity index (χ0n) is 11.9. The van der Waals surface area contributed by atoms with Gasteiger partial charge in [0.1, 0.15) is 5.69 Å². The fourth-order valence-electron chi connectivity index (χ4n) is 3.28. The van der Waals surface area contributed by atoms with Crippen molar-refractivity contribution in [2.45, 2.75) is 37.3 Å². The Kier molecular flexibility index (Phi) is 3.89. The zero-order valence-corrected chi connectivity index (χ0v) is 11.9. The van der Waals surface area contributed by atoms with Gasteiger partial charge >= 0.3 is 12.4 Å². The first-order valence-electron chi connectivity index (χ1n) is 7.11. The average molecular weight is 340 g/mol. The van der Waals surface area contributed by atoms with E-state index in [0.717, 1.165) is 12.3 Å². The molecule has 128 valence electrons. The van der Waals surface area contributed by atoms with E-state index in [0.29, 0.717) is 12.8 Å². The summed E-state index contributed by atoms with van der Waals surface area (Å²) in [5.41, 5.74) is -1.05.